The van der Waals surface area contributed by atoms with Crippen molar-refractivity contribution in [1.82, 2.24) is 14.0 Å². The molecule has 2 aliphatic rings. The van der Waals surface area contributed by atoms with E-state index in [-0.39, 0.29) is 42.8 Å². The van der Waals surface area contributed by atoms with Crippen LogP contribution in [0.2, 0.25) is 0 Å². The molecular formula is C41H48N6O7. The summed E-state index contributed by atoms with van der Waals surface area (Å²) >= 11 is 0. The van der Waals surface area contributed by atoms with Crippen LogP contribution in [0, 0.1) is 5.92 Å². The number of nitrogens with zero attached hydrogens (tertiary/aromatic N) is 4. The second-order valence-corrected chi connectivity index (χ2v) is 14.2. The number of esters is 1. The van der Waals surface area contributed by atoms with Gasteiger partial charge in [-0.3, -0.25) is 19.4 Å². The Labute approximate surface area is 315 Å². The smallest absolute Gasteiger partial charge is 0.354 e. The van der Waals surface area contributed by atoms with Crippen LogP contribution in [0.4, 0.5) is 17.1 Å². The Balaban J connectivity index is 0.978. The van der Waals surface area contributed by atoms with Crippen molar-refractivity contribution in [2.75, 3.05) is 37.5 Å². The topological polar surface area (TPSA) is 145 Å². The minimum atomic E-state index is -0.350. The number of aryl methyl sites for hydroxylation is 2. The number of carbonyl (C=O) groups is 4. The molecule has 6 rings (SSSR count). The number of benzene rings is 2. The van der Waals surface area contributed by atoms with Crippen molar-refractivity contribution >= 4 is 47.0 Å². The molecule has 54 heavy (non-hydrogen) atoms. The highest BCUT2D eigenvalue weighted by Gasteiger charge is 2.32. The van der Waals surface area contributed by atoms with E-state index < -0.39 is 0 Å². The second-order valence-electron chi connectivity index (χ2n) is 14.2. The van der Waals surface area contributed by atoms with E-state index in [0.29, 0.717) is 71.0 Å². The number of anilines is 2. The summed E-state index contributed by atoms with van der Waals surface area (Å²) in [6.07, 6.45) is 9.69. The molecule has 4 heterocycles. The molecule has 2 aliphatic heterocycles. The number of ether oxygens (including phenoxy) is 3. The van der Waals surface area contributed by atoms with Crippen molar-refractivity contribution in [1.29, 1.82) is 0 Å². The Morgan fingerprint density at radius 3 is 2.43 bits per heavy atom. The Bertz CT molecular complexity index is 2040. The molecule has 0 saturated carbocycles. The van der Waals surface area contributed by atoms with E-state index in [1.54, 1.807) is 58.8 Å². The Morgan fingerprint density at radius 2 is 1.67 bits per heavy atom. The first-order chi connectivity index (χ1) is 26.0. The molecule has 1 fully saturated rings. The van der Waals surface area contributed by atoms with Gasteiger partial charge in [-0.25, -0.2) is 4.79 Å². The number of nitrogens with one attached hydrogen (secondary N) is 2. The normalized spacial score (nSPS) is 14.7. The van der Waals surface area contributed by atoms with Crippen molar-refractivity contribution < 1.29 is 33.4 Å². The molecule has 1 saturated heterocycles. The predicted molar refractivity (Wildman–Crippen MR) is 207 cm³/mol. The number of amides is 3. The predicted octanol–water partition coefficient (Wildman–Crippen LogP) is 7.00. The first-order valence-electron chi connectivity index (χ1n) is 18.4. The zero-order valence-corrected chi connectivity index (χ0v) is 31.5. The van der Waals surface area contributed by atoms with Crippen LogP contribution in [-0.4, -0.2) is 76.8 Å². The van der Waals surface area contributed by atoms with Gasteiger partial charge in [-0.1, -0.05) is 26.0 Å². The summed E-state index contributed by atoms with van der Waals surface area (Å²) in [5.41, 5.74) is 4.72. The van der Waals surface area contributed by atoms with E-state index >= 15 is 0 Å². The SMILES string of the molecule is COc1cc2c(cc1OCCCC(=O)Nc1cc(C(=O)Nc3ccc(-c4cc(C(=O)OCCCC(C)C)n(C)c4)cc3)n(C)c1)N=C[C@H]1CCCN1C2=O. The van der Waals surface area contributed by atoms with Crippen LogP contribution >= 0.6 is 0 Å². The van der Waals surface area contributed by atoms with Crippen LogP contribution < -0.4 is 20.1 Å². The molecule has 0 radical (unpaired) electrons. The number of methoxy groups -OCH3 is 1. The molecule has 13 nitrogen and oxygen atoms in total. The first-order valence-corrected chi connectivity index (χ1v) is 18.4. The number of aromatic nitrogens is 2. The van der Waals surface area contributed by atoms with Crippen LogP contribution in [0.3, 0.4) is 0 Å². The van der Waals surface area contributed by atoms with E-state index in [9.17, 15) is 19.2 Å². The molecule has 0 unspecified atom stereocenters. The molecule has 2 aromatic carbocycles. The number of hydrogen-bond acceptors (Lipinski definition) is 8. The van der Waals surface area contributed by atoms with Crippen molar-refractivity contribution in [3.63, 3.8) is 0 Å². The van der Waals surface area contributed by atoms with Gasteiger partial charge in [0.25, 0.3) is 11.8 Å². The maximum atomic E-state index is 13.2. The molecule has 1 atom stereocenters. The molecular weight excluding hydrogens is 688 g/mol. The van der Waals surface area contributed by atoms with Gasteiger partial charge in [0.15, 0.2) is 11.5 Å². The number of carbonyl (C=O) groups excluding carboxylic acids is 4. The summed E-state index contributed by atoms with van der Waals surface area (Å²) in [7, 11) is 5.07. The Morgan fingerprint density at radius 1 is 0.889 bits per heavy atom. The van der Waals surface area contributed by atoms with Crippen molar-refractivity contribution in [3.05, 3.63) is 77.9 Å². The highest BCUT2D eigenvalue weighted by molar-refractivity contribution is 6.05. The van der Waals surface area contributed by atoms with E-state index in [4.69, 9.17) is 14.2 Å². The lowest BCUT2D eigenvalue weighted by atomic mass is 10.1. The summed E-state index contributed by atoms with van der Waals surface area (Å²) in [5.74, 6) is 0.486. The number of hydrogen-bond donors (Lipinski definition) is 2. The summed E-state index contributed by atoms with van der Waals surface area (Å²) in [4.78, 5) is 58.1. The lowest BCUT2D eigenvalue weighted by molar-refractivity contribution is -0.116. The minimum Gasteiger partial charge on any atom is -0.493 e. The maximum Gasteiger partial charge on any atom is 0.354 e. The van der Waals surface area contributed by atoms with E-state index in [1.165, 1.54) is 7.11 Å². The van der Waals surface area contributed by atoms with Gasteiger partial charge >= 0.3 is 5.97 Å². The molecule has 2 N–H and O–H groups in total. The van der Waals surface area contributed by atoms with E-state index in [1.807, 2.05) is 36.5 Å². The average molecular weight is 737 g/mol. The third-order valence-electron chi connectivity index (χ3n) is 9.63. The monoisotopic (exact) mass is 736 g/mol. The number of aliphatic imine (C=N–C) groups is 1. The van der Waals surface area contributed by atoms with Gasteiger partial charge in [0.05, 0.1) is 43.3 Å². The summed E-state index contributed by atoms with van der Waals surface area (Å²) in [5, 5.41) is 5.77. The molecule has 13 heteroatoms. The molecule has 0 aliphatic carbocycles. The largest absolute Gasteiger partial charge is 0.493 e. The van der Waals surface area contributed by atoms with Gasteiger partial charge in [0.1, 0.15) is 11.4 Å². The molecule has 0 bridgehead atoms. The molecule has 3 amide bonds. The van der Waals surface area contributed by atoms with Crippen molar-refractivity contribution in [2.24, 2.45) is 25.0 Å². The Hall–Kier alpha value is -5.85. The zero-order chi connectivity index (χ0) is 38.4. The van der Waals surface area contributed by atoms with Gasteiger partial charge in [-0.05, 0) is 73.9 Å². The van der Waals surface area contributed by atoms with Gasteiger partial charge in [-0.15, -0.1) is 0 Å². The molecule has 4 aromatic rings. The maximum absolute atomic E-state index is 13.2. The fraction of sp³-hybridized carbons (Fsp3) is 0.390. The third-order valence-corrected chi connectivity index (χ3v) is 9.63. The third kappa shape index (κ3) is 8.84. The lowest BCUT2D eigenvalue weighted by Gasteiger charge is -2.20. The summed E-state index contributed by atoms with van der Waals surface area (Å²) in [6.45, 7) is 5.63. The van der Waals surface area contributed by atoms with Crippen molar-refractivity contribution in [3.8, 4) is 22.6 Å². The fourth-order valence-corrected chi connectivity index (χ4v) is 6.71. The quantitative estimate of drug-likeness (QED) is 0.0988. The van der Waals surface area contributed by atoms with E-state index in [2.05, 4.69) is 29.5 Å². The first kappa shape index (κ1) is 37.9. The Kier molecular flexibility index (Phi) is 11.8. The number of rotatable bonds is 15. The summed E-state index contributed by atoms with van der Waals surface area (Å²) < 4.78 is 20.4. The van der Waals surface area contributed by atoms with Crippen LogP contribution in [0.5, 0.6) is 11.5 Å². The zero-order valence-electron chi connectivity index (χ0n) is 31.5. The van der Waals surface area contributed by atoms with Crippen LogP contribution in [0.25, 0.3) is 11.1 Å². The highest BCUT2D eigenvalue weighted by atomic mass is 16.5. The highest BCUT2D eigenvalue weighted by Crippen LogP contribution is 2.38. The van der Waals surface area contributed by atoms with Gasteiger partial charge in [0.2, 0.25) is 5.91 Å². The fourth-order valence-electron chi connectivity index (χ4n) is 6.71. The minimum absolute atomic E-state index is 0.00626. The van der Waals surface area contributed by atoms with Crippen LogP contribution in [0.15, 0.2) is 65.9 Å². The van der Waals surface area contributed by atoms with Crippen LogP contribution in [0.1, 0.15) is 83.7 Å². The van der Waals surface area contributed by atoms with Crippen LogP contribution in [-0.2, 0) is 23.6 Å². The summed E-state index contributed by atoms with van der Waals surface area (Å²) in [6, 6.07) is 14.2. The number of fused-ring (bicyclic) bond motifs is 2. The van der Waals surface area contributed by atoms with Crippen molar-refractivity contribution in [2.45, 2.75) is 58.4 Å². The average Bonchev–Trinajstić information content (AvgIpc) is 3.87. The van der Waals surface area contributed by atoms with Gasteiger partial charge in [0, 0.05) is 63.0 Å². The molecule has 284 valence electrons. The molecule has 2 aromatic heterocycles. The van der Waals surface area contributed by atoms with Gasteiger partial charge in [-0.2, -0.15) is 0 Å². The van der Waals surface area contributed by atoms with E-state index in [0.717, 1.165) is 36.8 Å². The second kappa shape index (κ2) is 16.9. The van der Waals surface area contributed by atoms with Gasteiger partial charge < -0.3 is 38.9 Å². The molecule has 0 spiro atoms. The standard InChI is InChI=1S/C41H48N6O7/c1-26(2)9-7-18-54-41(51)35-19-28(24-45(35)3)27-12-14-29(15-13-27)44-39(49)34-20-30(25-46(34)4)43-38(48)11-8-17-53-37-22-33-32(21-36(37)52-5)40(50)47-16-6-10-31(47)23-42-33/h12-15,19-26,31H,6-11,16-18H2,1-5H3,(H,43,48)(H,44,49)/t31-/m1/s1. The lowest BCUT2D eigenvalue weighted by Crippen LogP contribution is -2.35.